The number of ketones is 1. The Bertz CT molecular complexity index is 1340. The average Bonchev–Trinajstić information content (AvgIpc) is 3.00. The van der Waals surface area contributed by atoms with Crippen molar-refractivity contribution in [3.63, 3.8) is 0 Å². The Morgan fingerprint density at radius 1 is 0.955 bits per heavy atom. The second-order valence-corrected chi connectivity index (χ2v) is 9.63. The number of carbonyl (C=O) groups is 5. The molecule has 14 nitrogen and oxygen atoms in total. The van der Waals surface area contributed by atoms with Crippen molar-refractivity contribution in [1.82, 2.24) is 10.6 Å². The van der Waals surface area contributed by atoms with E-state index in [1.807, 2.05) is 0 Å². The van der Waals surface area contributed by atoms with E-state index in [-0.39, 0.29) is 30.4 Å². The van der Waals surface area contributed by atoms with Crippen molar-refractivity contribution in [2.24, 2.45) is 10.7 Å². The minimum atomic E-state index is -1.72. The van der Waals surface area contributed by atoms with Gasteiger partial charge in [-0.05, 0) is 69.6 Å². The van der Waals surface area contributed by atoms with E-state index in [0.29, 0.717) is 37.1 Å². The number of carbonyl (C=O) groups excluding carboxylic acids is 4. The van der Waals surface area contributed by atoms with Crippen molar-refractivity contribution in [1.29, 1.82) is 0 Å². The minimum absolute atomic E-state index is 0.0996. The molecule has 3 rings (SSSR count). The lowest BCUT2D eigenvalue weighted by molar-refractivity contribution is -0.161. The monoisotopic (exact) mass is 612 g/mol. The zero-order chi connectivity index (χ0) is 32.1. The van der Waals surface area contributed by atoms with Crippen LogP contribution in [-0.2, 0) is 23.8 Å². The fourth-order valence-electron chi connectivity index (χ4n) is 4.32. The van der Waals surface area contributed by atoms with E-state index < -0.39 is 54.6 Å². The van der Waals surface area contributed by atoms with Gasteiger partial charge in [0, 0.05) is 17.5 Å². The van der Waals surface area contributed by atoms with E-state index in [9.17, 15) is 29.1 Å². The zero-order valence-corrected chi connectivity index (χ0v) is 24.4. The van der Waals surface area contributed by atoms with Crippen molar-refractivity contribution < 1.29 is 48.0 Å². The molecular weight excluding hydrogens is 576 g/mol. The van der Waals surface area contributed by atoms with Crippen LogP contribution in [0.25, 0.3) is 0 Å². The van der Waals surface area contributed by atoms with Gasteiger partial charge in [-0.15, -0.1) is 0 Å². The first-order valence-corrected chi connectivity index (χ1v) is 14.1. The molecular formula is C30H36N4O10. The van der Waals surface area contributed by atoms with E-state index >= 15 is 0 Å². The predicted molar refractivity (Wildman–Crippen MR) is 157 cm³/mol. The lowest BCUT2D eigenvalue weighted by atomic mass is 9.98. The van der Waals surface area contributed by atoms with Crippen LogP contribution in [0, 0.1) is 0 Å². The molecule has 1 heterocycles. The number of carboxylic acid groups (broad SMARTS) is 1. The molecule has 1 fully saturated rings. The number of aliphatic imine (C=N–C) groups is 1. The molecule has 0 aromatic heterocycles. The first-order chi connectivity index (χ1) is 21.1. The molecule has 0 aliphatic carbocycles. The standard InChI is InChI=1S/C30H36N4O10/c1-3-41-29(39)34-26(31)19-5-7-20(8-6-19)27(36)33-23(18-9-11-21(12-10-18)44-30(40)42-4-2)17-24(35)25(28(37)38)43-22-13-15-32-16-14-22/h5-12,22-23,25,32H,3-4,13-17H2,1-2H3,(H,33,36)(H,37,38)(H2,31,34,39). The molecule has 0 radical (unpaired) electrons. The highest BCUT2D eigenvalue weighted by Crippen LogP contribution is 2.24. The molecule has 0 spiro atoms. The van der Waals surface area contributed by atoms with Gasteiger partial charge in [0.15, 0.2) is 5.78 Å². The molecule has 0 saturated carbocycles. The summed E-state index contributed by atoms with van der Waals surface area (Å²) in [6.45, 7) is 4.81. The highest BCUT2D eigenvalue weighted by atomic mass is 16.7. The van der Waals surface area contributed by atoms with Gasteiger partial charge >= 0.3 is 18.2 Å². The van der Waals surface area contributed by atoms with Gasteiger partial charge in [-0.3, -0.25) is 9.59 Å². The number of nitrogens with two attached hydrogens (primary N) is 1. The number of amidine groups is 1. The van der Waals surface area contributed by atoms with Crippen molar-refractivity contribution in [3.05, 3.63) is 65.2 Å². The minimum Gasteiger partial charge on any atom is -0.479 e. The molecule has 2 amide bonds. The quantitative estimate of drug-likeness (QED) is 0.0847. The van der Waals surface area contributed by atoms with Crippen LogP contribution in [0.4, 0.5) is 9.59 Å². The van der Waals surface area contributed by atoms with Crippen LogP contribution < -0.4 is 21.1 Å². The summed E-state index contributed by atoms with van der Waals surface area (Å²) in [4.78, 5) is 65.4. The van der Waals surface area contributed by atoms with Gasteiger partial charge in [-0.1, -0.05) is 24.3 Å². The second-order valence-electron chi connectivity index (χ2n) is 9.63. The summed E-state index contributed by atoms with van der Waals surface area (Å²) in [5.41, 5.74) is 6.86. The summed E-state index contributed by atoms with van der Waals surface area (Å²) < 4.78 is 20.3. The van der Waals surface area contributed by atoms with Crippen LogP contribution >= 0.6 is 0 Å². The van der Waals surface area contributed by atoms with Crippen LogP contribution in [0.1, 0.15) is 60.6 Å². The second kappa shape index (κ2) is 16.7. The highest BCUT2D eigenvalue weighted by molar-refractivity contribution is 6.04. The van der Waals surface area contributed by atoms with Gasteiger partial charge in [0.1, 0.15) is 11.6 Å². The summed E-state index contributed by atoms with van der Waals surface area (Å²) in [5, 5.41) is 15.7. The molecule has 1 aliphatic heterocycles. The lowest BCUT2D eigenvalue weighted by Gasteiger charge is -2.27. The number of amides is 2. The third-order valence-corrected chi connectivity index (χ3v) is 6.51. The molecule has 2 unspecified atom stereocenters. The Morgan fingerprint density at radius 3 is 2.16 bits per heavy atom. The Hall–Kier alpha value is -4.82. The maximum atomic E-state index is 13.3. The fourth-order valence-corrected chi connectivity index (χ4v) is 4.32. The molecule has 5 N–H and O–H groups in total. The molecule has 1 aliphatic rings. The third kappa shape index (κ3) is 10.2. The van der Waals surface area contributed by atoms with Crippen LogP contribution in [0.2, 0.25) is 0 Å². The number of rotatable bonds is 13. The third-order valence-electron chi connectivity index (χ3n) is 6.51. The zero-order valence-electron chi connectivity index (χ0n) is 24.4. The Labute approximate surface area is 253 Å². The molecule has 1 saturated heterocycles. The van der Waals surface area contributed by atoms with E-state index in [1.54, 1.807) is 13.8 Å². The largest absolute Gasteiger partial charge is 0.513 e. The number of ether oxygens (including phenoxy) is 4. The van der Waals surface area contributed by atoms with Gasteiger partial charge < -0.3 is 40.4 Å². The molecule has 2 atom stereocenters. The van der Waals surface area contributed by atoms with E-state index in [4.69, 9.17) is 24.7 Å². The summed E-state index contributed by atoms with van der Waals surface area (Å²) >= 11 is 0. The smallest absolute Gasteiger partial charge is 0.479 e. The number of nitrogens with one attached hydrogen (secondary N) is 2. The Balaban J connectivity index is 1.81. The van der Waals surface area contributed by atoms with Crippen molar-refractivity contribution >= 4 is 35.7 Å². The molecule has 14 heteroatoms. The van der Waals surface area contributed by atoms with Gasteiger partial charge in [0.25, 0.3) is 5.91 Å². The Morgan fingerprint density at radius 2 is 1.57 bits per heavy atom. The molecule has 236 valence electrons. The average molecular weight is 613 g/mol. The normalized spacial score (nSPS) is 15.0. The van der Waals surface area contributed by atoms with Crippen LogP contribution in [0.5, 0.6) is 5.75 Å². The summed E-state index contributed by atoms with van der Waals surface area (Å²) in [7, 11) is 0. The Kier molecular flexibility index (Phi) is 12.8. The number of carboxylic acids is 1. The first kappa shape index (κ1) is 33.7. The topological polar surface area (TPSA) is 205 Å². The number of nitrogens with zero attached hydrogens (tertiary/aromatic N) is 1. The molecule has 2 aromatic carbocycles. The first-order valence-electron chi connectivity index (χ1n) is 14.1. The predicted octanol–water partition coefficient (Wildman–Crippen LogP) is 2.74. The molecule has 44 heavy (non-hydrogen) atoms. The SMILES string of the molecule is CCOC(=O)N=C(N)c1ccc(C(=O)NC(CC(=O)C(OC2CCNCC2)C(=O)O)c2ccc(OC(=O)OCC)cc2)cc1. The van der Waals surface area contributed by atoms with E-state index in [1.165, 1.54) is 48.5 Å². The highest BCUT2D eigenvalue weighted by Gasteiger charge is 2.33. The van der Waals surface area contributed by atoms with Crippen molar-refractivity contribution in [3.8, 4) is 5.75 Å². The van der Waals surface area contributed by atoms with Gasteiger partial charge in [0.05, 0.1) is 25.4 Å². The number of benzene rings is 2. The molecule has 0 bridgehead atoms. The summed E-state index contributed by atoms with van der Waals surface area (Å²) in [6, 6.07) is 10.9. The lowest BCUT2D eigenvalue weighted by Crippen LogP contribution is -2.42. The van der Waals surface area contributed by atoms with Gasteiger partial charge in [-0.2, -0.15) is 4.99 Å². The van der Waals surface area contributed by atoms with Gasteiger partial charge in [0.2, 0.25) is 6.10 Å². The number of aliphatic carboxylic acids is 1. The number of piperidine rings is 1. The molecule has 2 aromatic rings. The fraction of sp³-hybridized carbons (Fsp3) is 0.400. The van der Waals surface area contributed by atoms with Crippen molar-refractivity contribution in [2.45, 2.75) is 51.4 Å². The van der Waals surface area contributed by atoms with Crippen LogP contribution in [-0.4, -0.2) is 79.4 Å². The van der Waals surface area contributed by atoms with Gasteiger partial charge in [-0.25, -0.2) is 14.4 Å². The van der Waals surface area contributed by atoms with Crippen LogP contribution in [0.3, 0.4) is 0 Å². The summed E-state index contributed by atoms with van der Waals surface area (Å²) in [5.74, 6) is -2.66. The maximum absolute atomic E-state index is 13.3. The number of hydrogen-bond acceptors (Lipinski definition) is 10. The van der Waals surface area contributed by atoms with E-state index in [0.717, 1.165) is 0 Å². The number of Topliss-reactive ketones (excluding diaryl/α,β-unsaturated/α-hetero) is 1. The van der Waals surface area contributed by atoms with E-state index in [2.05, 4.69) is 15.6 Å². The van der Waals surface area contributed by atoms with Crippen LogP contribution in [0.15, 0.2) is 53.5 Å². The number of hydrogen-bond donors (Lipinski definition) is 4. The maximum Gasteiger partial charge on any atom is 0.513 e. The van der Waals surface area contributed by atoms with Crippen molar-refractivity contribution in [2.75, 3.05) is 26.3 Å². The summed E-state index contributed by atoms with van der Waals surface area (Å²) in [6.07, 6.45) is -3.13.